The van der Waals surface area contributed by atoms with Gasteiger partial charge in [0.15, 0.2) is 11.0 Å². The molecule has 3 aromatic rings. The fraction of sp³-hybridized carbons (Fsp3) is 0.263. The Morgan fingerprint density at radius 3 is 2.96 bits per heavy atom. The SMILES string of the molecule is CSc1ncc(CNc2ccc3nn(C)cc3c2)c(NN2C=CC(C)=NC2)n1. The number of thioether (sulfide) groups is 1. The Hall–Kier alpha value is -3.07. The fourth-order valence-corrected chi connectivity index (χ4v) is 3.21. The molecule has 8 nitrogen and oxygen atoms in total. The van der Waals surface area contributed by atoms with E-state index in [2.05, 4.69) is 36.9 Å². The number of nitrogens with one attached hydrogen (secondary N) is 2. The Morgan fingerprint density at radius 1 is 1.29 bits per heavy atom. The first-order valence-electron chi connectivity index (χ1n) is 8.90. The molecule has 28 heavy (non-hydrogen) atoms. The minimum Gasteiger partial charge on any atom is -0.381 e. The number of benzene rings is 1. The first-order valence-corrected chi connectivity index (χ1v) is 10.1. The average Bonchev–Trinajstić information content (AvgIpc) is 3.08. The summed E-state index contributed by atoms with van der Waals surface area (Å²) in [6, 6.07) is 6.14. The normalized spacial score (nSPS) is 13.7. The molecular formula is C19H22N8S. The zero-order valence-electron chi connectivity index (χ0n) is 16.0. The molecule has 144 valence electrons. The molecule has 0 spiro atoms. The van der Waals surface area contributed by atoms with E-state index in [1.807, 2.05) is 66.7 Å². The van der Waals surface area contributed by atoms with E-state index >= 15 is 0 Å². The summed E-state index contributed by atoms with van der Waals surface area (Å²) in [4.78, 5) is 13.5. The lowest BCUT2D eigenvalue weighted by molar-refractivity contribution is 0.456. The van der Waals surface area contributed by atoms with Crippen LogP contribution >= 0.6 is 11.8 Å². The van der Waals surface area contributed by atoms with Crippen molar-refractivity contribution in [2.24, 2.45) is 12.0 Å². The lowest BCUT2D eigenvalue weighted by atomic mass is 10.2. The van der Waals surface area contributed by atoms with E-state index in [9.17, 15) is 0 Å². The summed E-state index contributed by atoms with van der Waals surface area (Å²) < 4.78 is 1.82. The first-order chi connectivity index (χ1) is 13.6. The summed E-state index contributed by atoms with van der Waals surface area (Å²) in [5.41, 5.74) is 7.33. The predicted molar refractivity (Wildman–Crippen MR) is 114 cm³/mol. The minimum absolute atomic E-state index is 0.547. The summed E-state index contributed by atoms with van der Waals surface area (Å²) in [5.74, 6) is 0.772. The number of hydrogen-bond donors (Lipinski definition) is 2. The molecule has 1 aromatic carbocycles. The van der Waals surface area contributed by atoms with Gasteiger partial charge in [0.2, 0.25) is 0 Å². The Kier molecular flexibility index (Phi) is 5.16. The van der Waals surface area contributed by atoms with Gasteiger partial charge in [-0.15, -0.1) is 0 Å². The lowest BCUT2D eigenvalue weighted by Crippen LogP contribution is -2.28. The van der Waals surface area contributed by atoms with Gasteiger partial charge in [-0.1, -0.05) is 11.8 Å². The van der Waals surface area contributed by atoms with Crippen molar-refractivity contribution in [1.29, 1.82) is 0 Å². The number of rotatable bonds is 6. The Bertz CT molecular complexity index is 1060. The van der Waals surface area contributed by atoms with Gasteiger partial charge in [-0.2, -0.15) is 5.10 Å². The molecule has 0 saturated heterocycles. The van der Waals surface area contributed by atoms with Gasteiger partial charge >= 0.3 is 0 Å². The van der Waals surface area contributed by atoms with Gasteiger partial charge in [-0.05, 0) is 37.5 Å². The maximum atomic E-state index is 4.63. The smallest absolute Gasteiger partial charge is 0.189 e. The van der Waals surface area contributed by atoms with Gasteiger partial charge in [-0.25, -0.2) is 9.97 Å². The molecule has 4 rings (SSSR count). The Morgan fingerprint density at radius 2 is 2.18 bits per heavy atom. The van der Waals surface area contributed by atoms with Crippen molar-refractivity contribution in [1.82, 2.24) is 24.8 Å². The molecule has 0 fully saturated rings. The van der Waals surface area contributed by atoms with Crippen molar-refractivity contribution in [3.8, 4) is 0 Å². The largest absolute Gasteiger partial charge is 0.381 e. The number of hydrazine groups is 1. The van der Waals surface area contributed by atoms with Gasteiger partial charge in [0.1, 0.15) is 6.67 Å². The van der Waals surface area contributed by atoms with Crippen LogP contribution in [0.3, 0.4) is 0 Å². The van der Waals surface area contributed by atoms with Gasteiger partial charge < -0.3 is 5.32 Å². The molecule has 0 unspecified atom stereocenters. The van der Waals surface area contributed by atoms with E-state index in [-0.39, 0.29) is 0 Å². The van der Waals surface area contributed by atoms with E-state index < -0.39 is 0 Å². The molecule has 0 amide bonds. The topological polar surface area (TPSA) is 83.3 Å². The van der Waals surface area contributed by atoms with Crippen LogP contribution in [0, 0.1) is 0 Å². The number of nitrogens with zero attached hydrogens (tertiary/aromatic N) is 6. The predicted octanol–water partition coefficient (Wildman–Crippen LogP) is 3.27. The maximum absolute atomic E-state index is 4.63. The molecular weight excluding hydrogens is 372 g/mol. The molecule has 1 aliphatic heterocycles. The first kappa shape index (κ1) is 18.3. The fourth-order valence-electron chi connectivity index (χ4n) is 2.87. The molecule has 0 bridgehead atoms. The van der Waals surface area contributed by atoms with E-state index in [1.165, 1.54) is 11.8 Å². The van der Waals surface area contributed by atoms with Gasteiger partial charge in [0, 0.05) is 54.5 Å². The number of allylic oxidation sites excluding steroid dienone is 1. The van der Waals surface area contributed by atoms with Gasteiger partial charge in [0.25, 0.3) is 0 Å². The third-order valence-corrected chi connectivity index (χ3v) is 4.91. The lowest BCUT2D eigenvalue weighted by Gasteiger charge is -2.24. The molecule has 0 aliphatic carbocycles. The van der Waals surface area contributed by atoms with Crippen LogP contribution in [0.25, 0.3) is 10.9 Å². The van der Waals surface area contributed by atoms with Crippen LogP contribution in [0.2, 0.25) is 0 Å². The van der Waals surface area contributed by atoms with E-state index in [0.29, 0.717) is 13.2 Å². The molecule has 9 heteroatoms. The van der Waals surface area contributed by atoms with Crippen molar-refractivity contribution >= 4 is 39.9 Å². The van der Waals surface area contributed by atoms with E-state index in [1.54, 1.807) is 0 Å². The van der Waals surface area contributed by atoms with Crippen molar-refractivity contribution in [3.05, 3.63) is 48.4 Å². The van der Waals surface area contributed by atoms with Crippen LogP contribution in [0.4, 0.5) is 11.5 Å². The maximum Gasteiger partial charge on any atom is 0.189 e. The summed E-state index contributed by atoms with van der Waals surface area (Å²) >= 11 is 1.52. The quantitative estimate of drug-likeness (QED) is 0.490. The number of aliphatic imine (C=N–C) groups is 1. The second kappa shape index (κ2) is 7.89. The molecule has 0 saturated carbocycles. The van der Waals surface area contributed by atoms with Crippen molar-refractivity contribution < 1.29 is 0 Å². The molecule has 0 radical (unpaired) electrons. The summed E-state index contributed by atoms with van der Waals surface area (Å²) in [7, 11) is 1.93. The van der Waals surface area contributed by atoms with Crippen molar-refractivity contribution in [2.45, 2.75) is 18.6 Å². The highest BCUT2D eigenvalue weighted by molar-refractivity contribution is 7.98. The van der Waals surface area contributed by atoms with Crippen LogP contribution in [0.5, 0.6) is 0 Å². The summed E-state index contributed by atoms with van der Waals surface area (Å²) in [6.45, 7) is 3.13. The number of aromatic nitrogens is 4. The van der Waals surface area contributed by atoms with Crippen LogP contribution in [-0.4, -0.2) is 43.4 Å². The van der Waals surface area contributed by atoms with Gasteiger partial charge in [-0.3, -0.25) is 20.1 Å². The summed E-state index contributed by atoms with van der Waals surface area (Å²) in [5, 5.41) is 11.6. The number of fused-ring (bicyclic) bond motifs is 1. The highest BCUT2D eigenvalue weighted by Gasteiger charge is 2.11. The Balaban J connectivity index is 1.51. The molecule has 2 aromatic heterocycles. The highest BCUT2D eigenvalue weighted by Crippen LogP contribution is 2.21. The number of aryl methyl sites for hydroxylation is 1. The minimum atomic E-state index is 0.547. The zero-order chi connectivity index (χ0) is 19.5. The average molecular weight is 395 g/mol. The molecule has 2 N–H and O–H groups in total. The van der Waals surface area contributed by atoms with Crippen LogP contribution in [-0.2, 0) is 13.6 Å². The van der Waals surface area contributed by atoms with Crippen molar-refractivity contribution in [2.75, 3.05) is 23.7 Å². The number of hydrogen-bond acceptors (Lipinski definition) is 8. The Labute approximate surface area is 167 Å². The van der Waals surface area contributed by atoms with Crippen LogP contribution in [0.15, 0.2) is 53.0 Å². The summed E-state index contributed by atoms with van der Waals surface area (Å²) in [6.07, 6.45) is 9.77. The highest BCUT2D eigenvalue weighted by atomic mass is 32.2. The molecule has 1 aliphatic rings. The van der Waals surface area contributed by atoms with Gasteiger partial charge in [0.05, 0.1) is 5.52 Å². The van der Waals surface area contributed by atoms with E-state index in [4.69, 9.17) is 0 Å². The third kappa shape index (κ3) is 4.09. The number of anilines is 2. The monoisotopic (exact) mass is 394 g/mol. The standard InChI is InChI=1S/C19H22N8S/c1-13-6-7-27(12-22-13)25-18-15(10-21-19(23-18)28-3)9-20-16-4-5-17-14(8-16)11-26(2)24-17/h4-8,10-11,20H,9,12H2,1-3H3,(H,21,23,25). The van der Waals surface area contributed by atoms with Crippen molar-refractivity contribution in [3.63, 3.8) is 0 Å². The third-order valence-electron chi connectivity index (χ3n) is 4.34. The second-order valence-electron chi connectivity index (χ2n) is 6.50. The zero-order valence-corrected chi connectivity index (χ0v) is 16.9. The van der Waals surface area contributed by atoms with Crippen LogP contribution < -0.4 is 10.7 Å². The molecule has 0 atom stereocenters. The van der Waals surface area contributed by atoms with Crippen LogP contribution in [0.1, 0.15) is 12.5 Å². The second-order valence-corrected chi connectivity index (χ2v) is 7.27. The molecule has 3 heterocycles. The van der Waals surface area contributed by atoms with E-state index in [0.717, 1.165) is 38.8 Å².